The van der Waals surface area contributed by atoms with Crippen LogP contribution in [0.1, 0.15) is 5.56 Å². The number of nitrogens with zero attached hydrogens (tertiary/aromatic N) is 2. The van der Waals surface area contributed by atoms with E-state index in [1.165, 1.54) is 18.0 Å². The lowest BCUT2D eigenvalue weighted by Crippen LogP contribution is -2.19. The van der Waals surface area contributed by atoms with Crippen molar-refractivity contribution >= 4 is 23.4 Å². The molecule has 110 valence electrons. The van der Waals surface area contributed by atoms with Crippen LogP contribution in [0.25, 0.3) is 0 Å². The Bertz CT molecular complexity index is 651. The van der Waals surface area contributed by atoms with Crippen LogP contribution in [0.2, 0.25) is 0 Å². The van der Waals surface area contributed by atoms with Crippen molar-refractivity contribution in [1.29, 1.82) is 0 Å². The second-order valence-corrected chi connectivity index (χ2v) is 4.45. The number of benzene rings is 1. The monoisotopic (exact) mass is 288 g/mol. The van der Waals surface area contributed by atoms with E-state index in [1.807, 2.05) is 25.1 Å². The molecule has 0 bridgehead atoms. The van der Waals surface area contributed by atoms with Crippen LogP contribution in [-0.4, -0.2) is 28.9 Å². The first kappa shape index (κ1) is 14.6. The Hall–Kier alpha value is -2.83. The lowest BCUT2D eigenvalue weighted by molar-refractivity contribution is -0.141. The average molecular weight is 288 g/mol. The van der Waals surface area contributed by atoms with E-state index < -0.39 is 5.97 Å². The molecular weight excluding hydrogens is 272 g/mol. The second-order valence-electron chi connectivity index (χ2n) is 4.45. The molecule has 0 fully saturated rings. The number of esters is 1. The van der Waals surface area contributed by atoms with Crippen molar-refractivity contribution in [2.75, 3.05) is 17.7 Å². The summed E-state index contributed by atoms with van der Waals surface area (Å²) in [6.45, 7) is 1.94. The molecule has 0 radical (unpaired) electrons. The summed E-state index contributed by atoms with van der Waals surface area (Å²) in [4.78, 5) is 22.9. The van der Waals surface area contributed by atoms with Crippen LogP contribution in [-0.2, 0) is 16.1 Å². The van der Waals surface area contributed by atoms with Gasteiger partial charge >= 0.3 is 12.0 Å². The Labute approximate surface area is 121 Å². The lowest BCUT2D eigenvalue weighted by atomic mass is 10.2. The number of hydrogen-bond acceptors (Lipinski definition) is 4. The molecule has 2 amide bonds. The topological polar surface area (TPSA) is 85.2 Å². The van der Waals surface area contributed by atoms with E-state index in [-0.39, 0.29) is 12.6 Å². The molecule has 0 aliphatic rings. The molecule has 0 atom stereocenters. The van der Waals surface area contributed by atoms with Gasteiger partial charge in [-0.15, -0.1) is 0 Å². The zero-order valence-electron chi connectivity index (χ0n) is 11.8. The molecule has 2 N–H and O–H groups in total. The maximum absolute atomic E-state index is 11.8. The molecule has 0 spiro atoms. The molecule has 0 saturated heterocycles. The molecule has 2 aromatic rings. The highest BCUT2D eigenvalue weighted by atomic mass is 16.5. The molecule has 7 nitrogen and oxygen atoms in total. The molecular formula is C14H16N4O3. The van der Waals surface area contributed by atoms with Crippen molar-refractivity contribution in [3.63, 3.8) is 0 Å². The van der Waals surface area contributed by atoms with E-state index >= 15 is 0 Å². The summed E-state index contributed by atoms with van der Waals surface area (Å²) >= 11 is 0. The molecule has 2 rings (SSSR count). The van der Waals surface area contributed by atoms with Gasteiger partial charge in [-0.25, -0.2) is 4.79 Å². The van der Waals surface area contributed by atoms with Gasteiger partial charge in [0, 0.05) is 11.9 Å². The standard InChI is InChI=1S/C14H16N4O3/c1-10-4-3-5-11(6-10)16-14(20)17-12-7-15-18(8-12)9-13(19)21-2/h3-8H,9H2,1-2H3,(H2,16,17,20). The molecule has 0 aliphatic carbocycles. The van der Waals surface area contributed by atoms with Gasteiger partial charge in [0.05, 0.1) is 19.0 Å². The molecule has 1 heterocycles. The van der Waals surface area contributed by atoms with E-state index in [9.17, 15) is 9.59 Å². The Morgan fingerprint density at radius 1 is 1.29 bits per heavy atom. The average Bonchev–Trinajstić information content (AvgIpc) is 2.85. The molecule has 0 unspecified atom stereocenters. The molecule has 1 aromatic carbocycles. The second kappa shape index (κ2) is 6.56. The van der Waals surface area contributed by atoms with Gasteiger partial charge in [0.15, 0.2) is 0 Å². The SMILES string of the molecule is COC(=O)Cn1cc(NC(=O)Nc2cccc(C)c2)cn1. The van der Waals surface area contributed by atoms with E-state index in [1.54, 1.807) is 12.3 Å². The minimum atomic E-state index is -0.408. The number of urea groups is 1. The number of methoxy groups -OCH3 is 1. The molecule has 7 heteroatoms. The minimum absolute atomic E-state index is 0.00230. The zero-order valence-corrected chi connectivity index (χ0v) is 11.8. The van der Waals surface area contributed by atoms with Crippen LogP contribution in [0, 0.1) is 6.92 Å². The Balaban J connectivity index is 1.92. The summed E-state index contributed by atoms with van der Waals surface area (Å²) in [7, 11) is 1.31. The number of carbonyl (C=O) groups excluding carboxylic acids is 2. The number of amides is 2. The number of carbonyl (C=O) groups is 2. The van der Waals surface area contributed by atoms with Crippen LogP contribution in [0.3, 0.4) is 0 Å². The van der Waals surface area contributed by atoms with Crippen LogP contribution in [0.5, 0.6) is 0 Å². The summed E-state index contributed by atoms with van der Waals surface area (Å²) in [5.74, 6) is -0.408. The third kappa shape index (κ3) is 4.34. The fourth-order valence-electron chi connectivity index (χ4n) is 1.73. The van der Waals surface area contributed by atoms with Crippen molar-refractivity contribution in [2.45, 2.75) is 13.5 Å². The van der Waals surface area contributed by atoms with Crippen molar-refractivity contribution in [3.05, 3.63) is 42.2 Å². The first-order chi connectivity index (χ1) is 10.1. The highest BCUT2D eigenvalue weighted by molar-refractivity contribution is 5.99. The van der Waals surface area contributed by atoms with Gasteiger partial charge in [-0.1, -0.05) is 12.1 Å². The number of aromatic nitrogens is 2. The van der Waals surface area contributed by atoms with Crippen molar-refractivity contribution < 1.29 is 14.3 Å². The maximum Gasteiger partial charge on any atom is 0.327 e. The van der Waals surface area contributed by atoms with Crippen molar-refractivity contribution in [1.82, 2.24) is 9.78 Å². The van der Waals surface area contributed by atoms with Gasteiger partial charge in [0.2, 0.25) is 0 Å². The molecule has 0 aliphatic heterocycles. The molecule has 1 aromatic heterocycles. The summed E-state index contributed by atoms with van der Waals surface area (Å²) in [5, 5.41) is 9.30. The van der Waals surface area contributed by atoms with Crippen molar-refractivity contribution in [2.24, 2.45) is 0 Å². The molecule has 0 saturated carbocycles. The van der Waals surface area contributed by atoms with Gasteiger partial charge < -0.3 is 15.4 Å². The largest absolute Gasteiger partial charge is 0.468 e. The summed E-state index contributed by atoms with van der Waals surface area (Å²) in [5.41, 5.74) is 2.25. The first-order valence-electron chi connectivity index (χ1n) is 6.31. The number of nitrogens with one attached hydrogen (secondary N) is 2. The van der Waals surface area contributed by atoms with Crippen LogP contribution >= 0.6 is 0 Å². The summed E-state index contributed by atoms with van der Waals surface area (Å²) in [6.07, 6.45) is 3.01. The van der Waals surface area contributed by atoms with Crippen LogP contribution < -0.4 is 10.6 Å². The van der Waals surface area contributed by atoms with Gasteiger partial charge in [0.25, 0.3) is 0 Å². The van der Waals surface area contributed by atoms with Gasteiger partial charge in [-0.2, -0.15) is 5.10 Å². The number of anilines is 2. The van der Waals surface area contributed by atoms with Gasteiger partial charge in [-0.05, 0) is 24.6 Å². The number of hydrogen-bond donors (Lipinski definition) is 2. The van der Waals surface area contributed by atoms with Crippen molar-refractivity contribution in [3.8, 4) is 0 Å². The fraction of sp³-hybridized carbons (Fsp3) is 0.214. The lowest BCUT2D eigenvalue weighted by Gasteiger charge is -2.06. The predicted octanol–water partition coefficient (Wildman–Crippen LogP) is 2.01. The first-order valence-corrected chi connectivity index (χ1v) is 6.31. The number of aryl methyl sites for hydroxylation is 1. The summed E-state index contributed by atoms with van der Waals surface area (Å²) in [6, 6.07) is 7.09. The fourth-order valence-corrected chi connectivity index (χ4v) is 1.73. The Morgan fingerprint density at radius 2 is 2.05 bits per heavy atom. The Morgan fingerprint density at radius 3 is 2.76 bits per heavy atom. The van der Waals surface area contributed by atoms with E-state index in [0.717, 1.165) is 5.56 Å². The Kier molecular flexibility index (Phi) is 4.55. The smallest absolute Gasteiger partial charge is 0.327 e. The maximum atomic E-state index is 11.8. The highest BCUT2D eigenvalue weighted by Gasteiger charge is 2.07. The van der Waals surface area contributed by atoms with E-state index in [2.05, 4.69) is 20.5 Å². The van der Waals surface area contributed by atoms with E-state index in [0.29, 0.717) is 11.4 Å². The number of rotatable bonds is 4. The molecule has 21 heavy (non-hydrogen) atoms. The van der Waals surface area contributed by atoms with Gasteiger partial charge in [0.1, 0.15) is 6.54 Å². The normalized spacial score (nSPS) is 10.0. The minimum Gasteiger partial charge on any atom is -0.468 e. The highest BCUT2D eigenvalue weighted by Crippen LogP contribution is 2.11. The van der Waals surface area contributed by atoms with Gasteiger partial charge in [-0.3, -0.25) is 9.48 Å². The number of ether oxygens (including phenoxy) is 1. The van der Waals surface area contributed by atoms with Crippen LogP contribution in [0.15, 0.2) is 36.7 Å². The van der Waals surface area contributed by atoms with Crippen LogP contribution in [0.4, 0.5) is 16.2 Å². The third-order valence-electron chi connectivity index (χ3n) is 2.69. The quantitative estimate of drug-likeness (QED) is 0.843. The zero-order chi connectivity index (χ0) is 15.2. The predicted molar refractivity (Wildman–Crippen MR) is 78.1 cm³/mol. The van der Waals surface area contributed by atoms with E-state index in [4.69, 9.17) is 0 Å². The summed E-state index contributed by atoms with van der Waals surface area (Å²) < 4.78 is 5.92. The third-order valence-corrected chi connectivity index (χ3v) is 2.69.